The number of ketones is 1. The number of nitrogens with zero attached hydrogens (tertiary/aromatic N) is 2. The molecule has 0 fully saturated rings. The van der Waals surface area contributed by atoms with Gasteiger partial charge in [0.1, 0.15) is 5.69 Å². The molecule has 1 heterocycles. The molecule has 0 aliphatic carbocycles. The van der Waals surface area contributed by atoms with Crippen molar-refractivity contribution in [3.05, 3.63) is 30.1 Å². The lowest BCUT2D eigenvalue weighted by molar-refractivity contribution is 0.104. The molecule has 1 aromatic heterocycles. The van der Waals surface area contributed by atoms with Crippen LogP contribution in [0.3, 0.4) is 0 Å². The summed E-state index contributed by atoms with van der Waals surface area (Å²) in [5.74, 6) is 0.225. The van der Waals surface area contributed by atoms with Crippen LogP contribution >= 0.6 is 0 Å². The molecule has 0 unspecified atom stereocenters. The SMILES string of the molecule is C=CC(=O)c1cc(C(C)C)n(C(C)(C)C)n1. The van der Waals surface area contributed by atoms with Gasteiger partial charge in [0, 0.05) is 5.69 Å². The Bertz CT molecular complexity index is 408. The number of allylic oxidation sites excluding steroid dienone is 1. The first kappa shape index (κ1) is 12.7. The van der Waals surface area contributed by atoms with E-state index in [1.54, 1.807) is 0 Å². The van der Waals surface area contributed by atoms with Crippen molar-refractivity contribution in [1.82, 2.24) is 9.78 Å². The molecular weight excluding hydrogens is 200 g/mol. The van der Waals surface area contributed by atoms with E-state index in [2.05, 4.69) is 46.3 Å². The summed E-state index contributed by atoms with van der Waals surface area (Å²) < 4.78 is 1.92. The van der Waals surface area contributed by atoms with E-state index >= 15 is 0 Å². The van der Waals surface area contributed by atoms with Gasteiger partial charge in [0.2, 0.25) is 5.78 Å². The molecule has 0 aromatic carbocycles. The number of aromatic nitrogens is 2. The standard InChI is InChI=1S/C13H20N2O/c1-7-12(16)10-8-11(9(2)3)15(14-10)13(4,5)6/h7-9H,1H2,2-6H3. The molecule has 0 bridgehead atoms. The Morgan fingerprint density at radius 2 is 2.06 bits per heavy atom. The van der Waals surface area contributed by atoms with Crippen molar-refractivity contribution < 1.29 is 4.79 Å². The predicted molar refractivity (Wildman–Crippen MR) is 65.8 cm³/mol. The number of carbonyl (C=O) groups is 1. The fraction of sp³-hybridized carbons (Fsp3) is 0.538. The Morgan fingerprint density at radius 1 is 1.50 bits per heavy atom. The third-order valence-electron chi connectivity index (χ3n) is 2.40. The summed E-state index contributed by atoms with van der Waals surface area (Å²) in [5.41, 5.74) is 1.45. The minimum absolute atomic E-state index is 0.112. The maximum atomic E-state index is 11.5. The Hall–Kier alpha value is -1.38. The van der Waals surface area contributed by atoms with Crippen LogP contribution in [0.1, 0.15) is 56.7 Å². The number of hydrogen-bond donors (Lipinski definition) is 0. The van der Waals surface area contributed by atoms with Crippen LogP contribution in [0.5, 0.6) is 0 Å². The van der Waals surface area contributed by atoms with Crippen LogP contribution in [0.4, 0.5) is 0 Å². The highest BCUT2D eigenvalue weighted by Gasteiger charge is 2.22. The van der Waals surface area contributed by atoms with Gasteiger partial charge in [-0.2, -0.15) is 5.10 Å². The van der Waals surface area contributed by atoms with Gasteiger partial charge in [-0.1, -0.05) is 20.4 Å². The summed E-state index contributed by atoms with van der Waals surface area (Å²) in [6.07, 6.45) is 1.30. The second-order valence-electron chi connectivity index (χ2n) is 5.26. The molecule has 0 aliphatic rings. The van der Waals surface area contributed by atoms with Crippen molar-refractivity contribution in [2.45, 2.75) is 46.1 Å². The summed E-state index contributed by atoms with van der Waals surface area (Å²) in [5, 5.41) is 4.37. The molecule has 0 saturated carbocycles. The zero-order valence-corrected chi connectivity index (χ0v) is 10.7. The van der Waals surface area contributed by atoms with Gasteiger partial charge in [-0.3, -0.25) is 9.48 Å². The fourth-order valence-electron chi connectivity index (χ4n) is 1.57. The molecule has 1 rings (SSSR count). The summed E-state index contributed by atoms with van der Waals surface area (Å²) in [6, 6.07) is 1.86. The minimum atomic E-state index is -0.120. The minimum Gasteiger partial charge on any atom is -0.287 e. The van der Waals surface area contributed by atoms with E-state index in [1.807, 2.05) is 10.7 Å². The van der Waals surface area contributed by atoms with E-state index in [0.717, 1.165) is 5.69 Å². The Labute approximate surface area is 97.2 Å². The molecule has 1 aromatic rings. The summed E-state index contributed by atoms with van der Waals surface area (Å²) in [6.45, 7) is 13.9. The van der Waals surface area contributed by atoms with Gasteiger partial charge < -0.3 is 0 Å². The Balaban J connectivity index is 3.31. The van der Waals surface area contributed by atoms with Gasteiger partial charge in [0.05, 0.1) is 5.54 Å². The van der Waals surface area contributed by atoms with E-state index in [1.165, 1.54) is 6.08 Å². The topological polar surface area (TPSA) is 34.9 Å². The van der Waals surface area contributed by atoms with Crippen LogP contribution in [0.15, 0.2) is 18.7 Å². The molecule has 0 spiro atoms. The van der Waals surface area contributed by atoms with Crippen LogP contribution in [-0.4, -0.2) is 15.6 Å². The van der Waals surface area contributed by atoms with Gasteiger partial charge in [0.15, 0.2) is 0 Å². The number of rotatable bonds is 3. The van der Waals surface area contributed by atoms with E-state index in [-0.39, 0.29) is 11.3 Å². The zero-order valence-electron chi connectivity index (χ0n) is 10.7. The normalized spacial score (nSPS) is 11.9. The molecule has 88 valence electrons. The first-order valence-electron chi connectivity index (χ1n) is 5.54. The lowest BCUT2D eigenvalue weighted by Gasteiger charge is -2.23. The maximum absolute atomic E-state index is 11.5. The summed E-state index contributed by atoms with van der Waals surface area (Å²) in [4.78, 5) is 11.5. The molecule has 0 saturated heterocycles. The van der Waals surface area contributed by atoms with Crippen molar-refractivity contribution in [3.63, 3.8) is 0 Å². The molecule has 16 heavy (non-hydrogen) atoms. The monoisotopic (exact) mass is 220 g/mol. The van der Waals surface area contributed by atoms with E-state index in [9.17, 15) is 4.79 Å². The van der Waals surface area contributed by atoms with Crippen molar-refractivity contribution in [2.24, 2.45) is 0 Å². The highest BCUT2D eigenvalue weighted by Crippen LogP contribution is 2.23. The van der Waals surface area contributed by atoms with Crippen LogP contribution in [0, 0.1) is 0 Å². The molecular formula is C13H20N2O. The van der Waals surface area contributed by atoms with Gasteiger partial charge in [-0.15, -0.1) is 0 Å². The first-order valence-corrected chi connectivity index (χ1v) is 5.54. The highest BCUT2D eigenvalue weighted by atomic mass is 16.1. The number of carbonyl (C=O) groups excluding carboxylic acids is 1. The predicted octanol–water partition coefficient (Wildman–Crippen LogP) is 3.13. The average molecular weight is 220 g/mol. The van der Waals surface area contributed by atoms with Crippen LogP contribution in [0.2, 0.25) is 0 Å². The number of hydrogen-bond acceptors (Lipinski definition) is 2. The first-order chi connectivity index (χ1) is 7.27. The third kappa shape index (κ3) is 2.40. The maximum Gasteiger partial charge on any atom is 0.205 e. The zero-order chi connectivity index (χ0) is 12.5. The molecule has 0 N–H and O–H groups in total. The lowest BCUT2D eigenvalue weighted by Crippen LogP contribution is -2.26. The van der Waals surface area contributed by atoms with Crippen LogP contribution in [-0.2, 0) is 5.54 Å². The van der Waals surface area contributed by atoms with Gasteiger partial charge >= 0.3 is 0 Å². The molecule has 0 aliphatic heterocycles. The second-order valence-corrected chi connectivity index (χ2v) is 5.26. The third-order valence-corrected chi connectivity index (χ3v) is 2.40. The molecule has 3 heteroatoms. The van der Waals surface area contributed by atoms with Crippen molar-refractivity contribution in [3.8, 4) is 0 Å². The second kappa shape index (κ2) is 4.24. The smallest absolute Gasteiger partial charge is 0.205 e. The Kier molecular flexibility index (Phi) is 3.36. The van der Waals surface area contributed by atoms with E-state index < -0.39 is 0 Å². The largest absolute Gasteiger partial charge is 0.287 e. The van der Waals surface area contributed by atoms with Crippen molar-refractivity contribution in [1.29, 1.82) is 0 Å². The van der Waals surface area contributed by atoms with Crippen LogP contribution < -0.4 is 0 Å². The Morgan fingerprint density at radius 3 is 2.38 bits per heavy atom. The summed E-state index contributed by atoms with van der Waals surface area (Å²) in [7, 11) is 0. The van der Waals surface area contributed by atoms with E-state index in [4.69, 9.17) is 0 Å². The average Bonchev–Trinajstić information content (AvgIpc) is 2.60. The highest BCUT2D eigenvalue weighted by molar-refractivity contribution is 6.02. The molecule has 0 atom stereocenters. The molecule has 0 amide bonds. The van der Waals surface area contributed by atoms with E-state index in [0.29, 0.717) is 11.6 Å². The van der Waals surface area contributed by atoms with Crippen molar-refractivity contribution in [2.75, 3.05) is 0 Å². The summed E-state index contributed by atoms with van der Waals surface area (Å²) >= 11 is 0. The van der Waals surface area contributed by atoms with Gasteiger partial charge in [-0.25, -0.2) is 0 Å². The quantitative estimate of drug-likeness (QED) is 0.579. The lowest BCUT2D eigenvalue weighted by atomic mass is 10.1. The van der Waals surface area contributed by atoms with Crippen molar-refractivity contribution >= 4 is 5.78 Å². The van der Waals surface area contributed by atoms with Gasteiger partial charge in [0.25, 0.3) is 0 Å². The van der Waals surface area contributed by atoms with Crippen LogP contribution in [0.25, 0.3) is 0 Å². The molecule has 3 nitrogen and oxygen atoms in total. The fourth-order valence-corrected chi connectivity index (χ4v) is 1.57. The van der Waals surface area contributed by atoms with Gasteiger partial charge in [-0.05, 0) is 38.8 Å². The molecule has 0 radical (unpaired) electrons.